The summed E-state index contributed by atoms with van der Waals surface area (Å²) in [5.74, 6) is 6.68. The predicted molar refractivity (Wildman–Crippen MR) is 173 cm³/mol. The topological polar surface area (TPSA) is 93.1 Å². The molecule has 1 amide bonds. The van der Waals surface area contributed by atoms with E-state index in [0.717, 1.165) is 96.2 Å². The molecule has 0 radical (unpaired) electrons. The molecule has 230 valence electrons. The summed E-state index contributed by atoms with van der Waals surface area (Å²) in [6.45, 7) is 6.29. The van der Waals surface area contributed by atoms with E-state index in [1.807, 2.05) is 31.3 Å². The number of fused-ring (bicyclic) bond motifs is 2. The van der Waals surface area contributed by atoms with E-state index < -0.39 is 0 Å². The molecule has 3 saturated carbocycles. The van der Waals surface area contributed by atoms with Crippen molar-refractivity contribution in [3.63, 3.8) is 0 Å². The first-order valence-corrected chi connectivity index (χ1v) is 16.7. The lowest BCUT2D eigenvalue weighted by atomic mass is 9.53. The predicted octanol–water partition coefficient (Wildman–Crippen LogP) is 5.03. The summed E-state index contributed by atoms with van der Waals surface area (Å²) in [6, 6.07) is 11.0. The average molecular weight is 603 g/mol. The quantitative estimate of drug-likeness (QED) is 0.309. The van der Waals surface area contributed by atoms with Crippen LogP contribution in [0.3, 0.4) is 0 Å². The number of hydrogen-bond donors (Lipinski definition) is 0. The highest BCUT2D eigenvalue weighted by Crippen LogP contribution is 2.61. The Balaban J connectivity index is 1.10. The summed E-state index contributed by atoms with van der Waals surface area (Å²) in [5, 5.41) is 1.12. The normalized spacial score (nSPS) is 27.2. The molecule has 6 aliphatic rings. The Morgan fingerprint density at radius 2 is 1.98 bits per heavy atom. The molecule has 3 aliphatic carbocycles. The highest BCUT2D eigenvalue weighted by molar-refractivity contribution is 6.01. The van der Waals surface area contributed by atoms with Gasteiger partial charge in [-0.15, -0.1) is 0 Å². The number of rotatable bonds is 6. The zero-order chi connectivity index (χ0) is 30.0. The molecule has 2 saturated heterocycles. The Labute approximate surface area is 261 Å². The Morgan fingerprint density at radius 1 is 1.09 bits per heavy atom. The Kier molecular flexibility index (Phi) is 5.44. The highest BCUT2D eigenvalue weighted by Gasteiger charge is 2.61. The van der Waals surface area contributed by atoms with Crippen molar-refractivity contribution in [1.29, 1.82) is 0 Å². The molecule has 3 unspecified atom stereocenters. The first-order valence-electron chi connectivity index (χ1n) is 16.7. The molecule has 0 N–H and O–H groups in total. The van der Waals surface area contributed by atoms with Gasteiger partial charge in [0.1, 0.15) is 28.6 Å². The van der Waals surface area contributed by atoms with Gasteiger partial charge in [-0.2, -0.15) is 0 Å². The van der Waals surface area contributed by atoms with Crippen LogP contribution in [0.1, 0.15) is 55.4 Å². The van der Waals surface area contributed by atoms with Gasteiger partial charge in [-0.25, -0.2) is 15.0 Å². The van der Waals surface area contributed by atoms with Crippen LogP contribution >= 0.6 is 0 Å². The molecular formula is C35H38N8O2. The van der Waals surface area contributed by atoms with Gasteiger partial charge in [0, 0.05) is 62.3 Å². The number of benzene rings is 1. The number of likely N-dealkylation sites (tertiary alicyclic amines) is 2. The second kappa shape index (κ2) is 9.40. The van der Waals surface area contributed by atoms with Crippen molar-refractivity contribution in [3.8, 4) is 17.3 Å². The number of methoxy groups -OCH3 is 1. The number of pyridine rings is 1. The minimum atomic E-state index is 0.123. The third-order valence-electron chi connectivity index (χ3n) is 11.6. The molecule has 6 heterocycles. The van der Waals surface area contributed by atoms with Crippen LogP contribution in [0.5, 0.6) is 5.75 Å². The maximum Gasteiger partial charge on any atom is 0.254 e. The molecule has 0 spiro atoms. The molecule has 1 aromatic carbocycles. The van der Waals surface area contributed by atoms with E-state index in [1.165, 1.54) is 25.7 Å². The van der Waals surface area contributed by atoms with Gasteiger partial charge in [-0.3, -0.25) is 9.79 Å². The summed E-state index contributed by atoms with van der Waals surface area (Å²) < 4.78 is 10.9. The van der Waals surface area contributed by atoms with E-state index in [9.17, 15) is 4.79 Å². The molecule has 4 atom stereocenters. The molecule has 3 aliphatic heterocycles. The minimum Gasteiger partial charge on any atom is -0.494 e. The lowest BCUT2D eigenvalue weighted by Gasteiger charge is -2.52. The van der Waals surface area contributed by atoms with Crippen molar-refractivity contribution in [2.45, 2.75) is 57.7 Å². The number of nitrogens with zero attached hydrogens (tertiary/aromatic N) is 8. The monoisotopic (exact) mass is 602 g/mol. The van der Waals surface area contributed by atoms with Crippen LogP contribution in [0.25, 0.3) is 33.6 Å². The third kappa shape index (κ3) is 3.83. The van der Waals surface area contributed by atoms with E-state index in [1.54, 1.807) is 7.11 Å². The Bertz CT molecular complexity index is 1960. The maximum atomic E-state index is 14.0. The van der Waals surface area contributed by atoms with Gasteiger partial charge in [-0.05, 0) is 86.6 Å². The first kappa shape index (κ1) is 26.1. The van der Waals surface area contributed by atoms with Crippen molar-refractivity contribution in [1.82, 2.24) is 28.9 Å². The van der Waals surface area contributed by atoms with E-state index >= 15 is 0 Å². The number of hydrogen-bond acceptors (Lipinski definition) is 7. The zero-order valence-corrected chi connectivity index (χ0v) is 25.9. The maximum absolute atomic E-state index is 14.0. The van der Waals surface area contributed by atoms with Gasteiger partial charge in [-0.1, -0.05) is 0 Å². The molecule has 10 heteroatoms. The van der Waals surface area contributed by atoms with Crippen LogP contribution in [0.2, 0.25) is 0 Å². The average Bonchev–Trinajstić information content (AvgIpc) is 3.66. The molecular weight excluding hydrogens is 564 g/mol. The second-order valence-corrected chi connectivity index (χ2v) is 14.2. The van der Waals surface area contributed by atoms with Crippen LogP contribution in [-0.2, 0) is 6.54 Å². The summed E-state index contributed by atoms with van der Waals surface area (Å²) in [6.07, 6.45) is 7.72. The van der Waals surface area contributed by atoms with Gasteiger partial charge in [0.25, 0.3) is 5.91 Å². The smallest absolute Gasteiger partial charge is 0.254 e. The van der Waals surface area contributed by atoms with Gasteiger partial charge >= 0.3 is 0 Å². The van der Waals surface area contributed by atoms with Gasteiger partial charge < -0.3 is 23.7 Å². The molecule has 3 aromatic heterocycles. The van der Waals surface area contributed by atoms with Crippen LogP contribution in [0.4, 0.5) is 0 Å². The Morgan fingerprint density at radius 3 is 2.76 bits per heavy atom. The van der Waals surface area contributed by atoms with E-state index in [-0.39, 0.29) is 11.9 Å². The molecule has 45 heavy (non-hydrogen) atoms. The SMILES string of the molecule is COc1cc(C(=O)N2CC3CC4CC2[C@H]43)cc2nc(-c3cc4cccnc4n3CC3CC3)n(C3CN(C4=NC(C)=NCC4)C3)c12. The van der Waals surface area contributed by atoms with Crippen LogP contribution in [-0.4, -0.2) is 85.8 Å². The van der Waals surface area contributed by atoms with Crippen molar-refractivity contribution < 1.29 is 9.53 Å². The largest absolute Gasteiger partial charge is 0.494 e. The van der Waals surface area contributed by atoms with E-state index in [4.69, 9.17) is 19.7 Å². The number of carbonyl (C=O) groups is 1. The zero-order valence-electron chi connectivity index (χ0n) is 25.9. The van der Waals surface area contributed by atoms with Crippen LogP contribution in [0, 0.1) is 23.7 Å². The standard InChI is InChI=1S/C35H38N8O2/c1-19-36-9-7-30(38-19)40-17-25(18-40)43-32-26(39-34(43)28-12-21-4-3-8-37-33(21)41(28)15-20-5-6-20)11-23(14-29(32)45-2)35(44)42-16-24-10-22-13-27(42)31(22)24/h3-4,8,11-12,14,20,22,24-25,27,31H,5-7,9-10,13,15-18H2,1-2H3/t22?,24?,27?,31-/m1/s1. The first-order chi connectivity index (χ1) is 22.0. The lowest BCUT2D eigenvalue weighted by Crippen LogP contribution is -2.53. The van der Waals surface area contributed by atoms with Crippen molar-refractivity contribution >= 4 is 39.6 Å². The summed E-state index contributed by atoms with van der Waals surface area (Å²) >= 11 is 0. The van der Waals surface area contributed by atoms with Gasteiger partial charge in [0.05, 0.1) is 24.4 Å². The number of amides is 1. The summed E-state index contributed by atoms with van der Waals surface area (Å²) in [7, 11) is 1.71. The fraction of sp³-hybridized carbons (Fsp3) is 0.514. The fourth-order valence-electron chi connectivity index (χ4n) is 9.04. The molecule has 10 rings (SSSR count). The summed E-state index contributed by atoms with van der Waals surface area (Å²) in [4.78, 5) is 37.9. The molecule has 5 fully saturated rings. The van der Waals surface area contributed by atoms with E-state index in [2.05, 4.69) is 36.1 Å². The number of imidazole rings is 1. The van der Waals surface area contributed by atoms with Gasteiger partial charge in [0.15, 0.2) is 5.82 Å². The number of ether oxygens (including phenoxy) is 1. The lowest BCUT2D eigenvalue weighted by molar-refractivity contribution is -0.0204. The highest BCUT2D eigenvalue weighted by atomic mass is 16.5. The van der Waals surface area contributed by atoms with E-state index in [0.29, 0.717) is 29.2 Å². The minimum absolute atomic E-state index is 0.123. The fourth-order valence-corrected chi connectivity index (χ4v) is 9.04. The number of aromatic nitrogens is 4. The molecule has 10 nitrogen and oxygen atoms in total. The van der Waals surface area contributed by atoms with Crippen LogP contribution in [0.15, 0.2) is 46.5 Å². The van der Waals surface area contributed by atoms with Crippen LogP contribution < -0.4 is 4.74 Å². The van der Waals surface area contributed by atoms with Crippen molar-refractivity contribution in [3.05, 3.63) is 42.1 Å². The second-order valence-electron chi connectivity index (χ2n) is 14.2. The Hall–Kier alpha value is -4.21. The molecule has 4 aromatic rings. The third-order valence-corrected chi connectivity index (χ3v) is 11.6. The van der Waals surface area contributed by atoms with Gasteiger partial charge in [0.2, 0.25) is 0 Å². The van der Waals surface area contributed by atoms with Crippen molar-refractivity contribution in [2.24, 2.45) is 33.7 Å². The van der Waals surface area contributed by atoms with Crippen molar-refractivity contribution in [2.75, 3.05) is 33.3 Å². The summed E-state index contributed by atoms with van der Waals surface area (Å²) in [5.41, 5.74) is 4.54. The number of aliphatic imine (C=N–C) groups is 2. The number of amidine groups is 2. The molecule has 0 bridgehead atoms. The number of carbonyl (C=O) groups excluding carboxylic acids is 1.